The van der Waals surface area contributed by atoms with Gasteiger partial charge in [0.25, 0.3) is 5.69 Å². The summed E-state index contributed by atoms with van der Waals surface area (Å²) in [5.74, 6) is -1.53. The smallest absolute Gasteiger partial charge is 0.342 e. The minimum atomic E-state index is -1.37. The minimum absolute atomic E-state index is 0.0383. The van der Waals surface area contributed by atoms with Gasteiger partial charge in [0, 0.05) is 32.9 Å². The van der Waals surface area contributed by atoms with Crippen molar-refractivity contribution in [3.8, 4) is 0 Å². The van der Waals surface area contributed by atoms with Crippen molar-refractivity contribution in [1.82, 2.24) is 4.90 Å². The van der Waals surface area contributed by atoms with E-state index in [0.29, 0.717) is 5.69 Å². The van der Waals surface area contributed by atoms with Crippen LogP contribution in [-0.4, -0.2) is 54.5 Å². The molecule has 1 aromatic rings. The Morgan fingerprint density at radius 2 is 1.90 bits per heavy atom. The number of carboxylic acid groups (broad SMARTS) is 1. The topological polar surface area (TPSA) is 104 Å². The lowest BCUT2D eigenvalue weighted by Crippen LogP contribution is -2.34. The van der Waals surface area contributed by atoms with Gasteiger partial charge in [-0.05, 0) is 12.1 Å². The monoisotopic (exact) mass is 281 g/mol. The molecule has 0 aromatic heterocycles. The van der Waals surface area contributed by atoms with Gasteiger partial charge in [-0.1, -0.05) is 0 Å². The molecule has 1 amide bonds. The number of nitro groups is 1. The number of nitrogens with zero attached hydrogens (tertiary/aromatic N) is 3. The number of hydrogen-bond acceptors (Lipinski definition) is 5. The maximum atomic E-state index is 11.6. The van der Waals surface area contributed by atoms with Gasteiger partial charge in [-0.15, -0.1) is 0 Å². The Hall–Kier alpha value is -2.64. The highest BCUT2D eigenvalue weighted by molar-refractivity contribution is 5.93. The summed E-state index contributed by atoms with van der Waals surface area (Å²) in [6.07, 6.45) is 0. The van der Waals surface area contributed by atoms with Gasteiger partial charge in [0.05, 0.1) is 11.5 Å². The molecule has 0 atom stereocenters. The van der Waals surface area contributed by atoms with Gasteiger partial charge in [-0.2, -0.15) is 0 Å². The average molecular weight is 281 g/mol. The number of amides is 1. The molecule has 1 N–H and O–H groups in total. The van der Waals surface area contributed by atoms with E-state index in [-0.39, 0.29) is 18.0 Å². The number of carbonyl (C=O) groups is 2. The van der Waals surface area contributed by atoms with E-state index in [1.54, 1.807) is 21.1 Å². The van der Waals surface area contributed by atoms with Gasteiger partial charge < -0.3 is 14.9 Å². The maximum absolute atomic E-state index is 11.6. The minimum Gasteiger partial charge on any atom is -0.477 e. The van der Waals surface area contributed by atoms with E-state index in [2.05, 4.69) is 0 Å². The van der Waals surface area contributed by atoms with Crippen molar-refractivity contribution >= 4 is 23.3 Å². The molecule has 108 valence electrons. The molecule has 0 unspecified atom stereocenters. The molecule has 0 heterocycles. The van der Waals surface area contributed by atoms with Crippen molar-refractivity contribution in [2.24, 2.45) is 0 Å². The molecule has 20 heavy (non-hydrogen) atoms. The fourth-order valence-electron chi connectivity index (χ4n) is 1.52. The fourth-order valence-corrected chi connectivity index (χ4v) is 1.52. The second-order valence-electron chi connectivity index (χ2n) is 4.41. The first-order chi connectivity index (χ1) is 9.23. The Morgan fingerprint density at radius 1 is 1.30 bits per heavy atom. The van der Waals surface area contributed by atoms with Crippen molar-refractivity contribution < 1.29 is 19.6 Å². The lowest BCUT2D eigenvalue weighted by Gasteiger charge is -2.21. The van der Waals surface area contributed by atoms with Crippen LogP contribution in [0.15, 0.2) is 18.2 Å². The van der Waals surface area contributed by atoms with Crippen LogP contribution in [-0.2, 0) is 4.79 Å². The van der Waals surface area contributed by atoms with E-state index in [9.17, 15) is 19.7 Å². The molecule has 0 saturated carbocycles. The molecule has 8 nitrogen and oxygen atoms in total. The summed E-state index contributed by atoms with van der Waals surface area (Å²) in [5.41, 5.74) is -0.484. The summed E-state index contributed by atoms with van der Waals surface area (Å²) in [6, 6.07) is 3.73. The number of carboxylic acids is 1. The van der Waals surface area contributed by atoms with E-state index >= 15 is 0 Å². The Labute approximate surface area is 115 Å². The van der Waals surface area contributed by atoms with E-state index in [0.717, 1.165) is 12.1 Å². The molecule has 0 aliphatic carbocycles. The Morgan fingerprint density at radius 3 is 2.35 bits per heavy atom. The molecule has 0 bridgehead atoms. The highest BCUT2D eigenvalue weighted by atomic mass is 16.6. The van der Waals surface area contributed by atoms with Crippen LogP contribution < -0.4 is 4.90 Å². The molecule has 8 heteroatoms. The summed E-state index contributed by atoms with van der Waals surface area (Å²) in [4.78, 5) is 35.5. The molecule has 0 radical (unpaired) electrons. The molecule has 1 aromatic carbocycles. The van der Waals surface area contributed by atoms with Crippen LogP contribution in [0.25, 0.3) is 0 Å². The van der Waals surface area contributed by atoms with E-state index in [1.807, 2.05) is 0 Å². The zero-order valence-corrected chi connectivity index (χ0v) is 11.4. The standard InChI is InChI=1S/C12H15N3O5/c1-13(2)11(16)7-14(3)8-4-5-9(12(17)18)10(6-8)15(19)20/h4-6H,7H2,1-3H3,(H,17,18). The average Bonchev–Trinajstić information content (AvgIpc) is 2.37. The SMILES string of the molecule is CN(C)C(=O)CN(C)c1ccc(C(=O)O)c([N+](=O)[O-])c1. The first-order valence-electron chi connectivity index (χ1n) is 5.67. The van der Waals surface area contributed by atoms with Gasteiger partial charge in [-0.25, -0.2) is 4.79 Å². The van der Waals surface area contributed by atoms with Gasteiger partial charge in [0.15, 0.2) is 0 Å². The first-order valence-corrected chi connectivity index (χ1v) is 5.67. The zero-order chi connectivity index (χ0) is 15.4. The molecular weight excluding hydrogens is 266 g/mol. The summed E-state index contributed by atoms with van der Waals surface area (Å²) < 4.78 is 0. The summed E-state index contributed by atoms with van der Waals surface area (Å²) >= 11 is 0. The van der Waals surface area contributed by atoms with Crippen molar-refractivity contribution in [1.29, 1.82) is 0 Å². The van der Waals surface area contributed by atoms with Crippen LogP contribution in [0.2, 0.25) is 0 Å². The summed E-state index contributed by atoms with van der Waals surface area (Å²) in [6.45, 7) is 0.0383. The first kappa shape index (κ1) is 15.4. The Bertz CT molecular complexity index is 556. The molecule has 0 spiro atoms. The molecule has 0 saturated heterocycles. The number of hydrogen-bond donors (Lipinski definition) is 1. The van der Waals surface area contributed by atoms with E-state index in [1.165, 1.54) is 15.9 Å². The van der Waals surface area contributed by atoms with Crippen molar-refractivity contribution in [3.63, 3.8) is 0 Å². The normalized spacial score (nSPS) is 9.95. The van der Waals surface area contributed by atoms with Crippen LogP contribution in [0.1, 0.15) is 10.4 Å². The Balaban J connectivity index is 3.09. The Kier molecular flexibility index (Phi) is 4.63. The number of benzene rings is 1. The number of carbonyl (C=O) groups excluding carboxylic acids is 1. The number of likely N-dealkylation sites (N-methyl/N-ethyl adjacent to an activating group) is 2. The van der Waals surface area contributed by atoms with E-state index < -0.39 is 16.6 Å². The fraction of sp³-hybridized carbons (Fsp3) is 0.333. The highest BCUT2D eigenvalue weighted by Gasteiger charge is 2.21. The van der Waals surface area contributed by atoms with E-state index in [4.69, 9.17) is 5.11 Å². The third kappa shape index (κ3) is 3.44. The van der Waals surface area contributed by atoms with Gasteiger partial charge in [-0.3, -0.25) is 14.9 Å². The quantitative estimate of drug-likeness (QED) is 0.633. The third-order valence-electron chi connectivity index (χ3n) is 2.72. The maximum Gasteiger partial charge on any atom is 0.342 e. The van der Waals surface area contributed by atoms with Gasteiger partial charge in [0.1, 0.15) is 5.56 Å². The largest absolute Gasteiger partial charge is 0.477 e. The number of anilines is 1. The predicted octanol–water partition coefficient (Wildman–Crippen LogP) is 0.817. The predicted molar refractivity (Wildman–Crippen MR) is 72.0 cm³/mol. The van der Waals surface area contributed by atoms with Gasteiger partial charge >= 0.3 is 5.97 Å². The summed E-state index contributed by atoms with van der Waals surface area (Å²) in [7, 11) is 4.80. The van der Waals surface area contributed by atoms with Gasteiger partial charge in [0.2, 0.25) is 5.91 Å². The highest BCUT2D eigenvalue weighted by Crippen LogP contribution is 2.25. The van der Waals surface area contributed by atoms with Crippen LogP contribution >= 0.6 is 0 Å². The second kappa shape index (κ2) is 6.00. The van der Waals surface area contributed by atoms with Crippen molar-refractivity contribution in [2.75, 3.05) is 32.6 Å². The zero-order valence-electron chi connectivity index (χ0n) is 11.4. The van der Waals surface area contributed by atoms with Crippen molar-refractivity contribution in [3.05, 3.63) is 33.9 Å². The van der Waals surface area contributed by atoms with Crippen LogP contribution in [0.5, 0.6) is 0 Å². The summed E-state index contributed by atoms with van der Waals surface area (Å²) in [5, 5.41) is 19.8. The lowest BCUT2D eigenvalue weighted by molar-refractivity contribution is -0.385. The van der Waals surface area contributed by atoms with Crippen LogP contribution in [0.3, 0.4) is 0 Å². The molecule has 0 fully saturated rings. The molecule has 0 aliphatic heterocycles. The van der Waals surface area contributed by atoms with Crippen LogP contribution in [0, 0.1) is 10.1 Å². The molecule has 1 rings (SSSR count). The van der Waals surface area contributed by atoms with Crippen molar-refractivity contribution in [2.45, 2.75) is 0 Å². The molecular formula is C12H15N3O5. The third-order valence-corrected chi connectivity index (χ3v) is 2.72. The number of aromatic carboxylic acids is 1. The lowest BCUT2D eigenvalue weighted by atomic mass is 10.1. The second-order valence-corrected chi connectivity index (χ2v) is 4.41. The molecule has 0 aliphatic rings. The van der Waals surface area contributed by atoms with Crippen LogP contribution in [0.4, 0.5) is 11.4 Å². The number of nitro benzene ring substituents is 1. The number of rotatable bonds is 5.